The third kappa shape index (κ3) is 3.36. The van der Waals surface area contributed by atoms with Crippen molar-refractivity contribution in [2.75, 3.05) is 6.54 Å². The molecule has 2 fully saturated rings. The molecule has 20 heavy (non-hydrogen) atoms. The molecule has 0 aromatic heterocycles. The molecule has 2 saturated carbocycles. The first-order chi connectivity index (χ1) is 9.72. The topological polar surface area (TPSA) is 32.3 Å². The average molecular weight is 294 g/mol. The molecule has 2 nitrogen and oxygen atoms in total. The molecule has 2 atom stereocenters. The van der Waals surface area contributed by atoms with Crippen LogP contribution in [-0.4, -0.2) is 23.8 Å². The molecule has 1 aromatic carbocycles. The third-order valence-corrected chi connectivity index (χ3v) is 5.27. The standard InChI is InChI=1S/C17H24ClNO/c18-15-7-5-12(6-8-15)14-9-16(10-14)19-11-13-3-1-2-4-17(13)20/h5-8,13-14,16-17,19-20H,1-4,9-11H2. The fraction of sp³-hybridized carbons (Fsp3) is 0.647. The number of halogens is 1. The summed E-state index contributed by atoms with van der Waals surface area (Å²) in [6, 6.07) is 8.89. The van der Waals surface area contributed by atoms with Crippen molar-refractivity contribution >= 4 is 11.6 Å². The van der Waals surface area contributed by atoms with Crippen molar-refractivity contribution in [3.8, 4) is 0 Å². The summed E-state index contributed by atoms with van der Waals surface area (Å²) in [6.07, 6.45) is 6.99. The monoisotopic (exact) mass is 293 g/mol. The summed E-state index contributed by atoms with van der Waals surface area (Å²) < 4.78 is 0. The van der Waals surface area contributed by atoms with Crippen molar-refractivity contribution in [3.63, 3.8) is 0 Å². The van der Waals surface area contributed by atoms with E-state index in [1.807, 2.05) is 12.1 Å². The summed E-state index contributed by atoms with van der Waals surface area (Å²) in [5.41, 5.74) is 1.41. The number of aliphatic hydroxyl groups excluding tert-OH is 1. The van der Waals surface area contributed by atoms with E-state index in [-0.39, 0.29) is 6.10 Å². The van der Waals surface area contributed by atoms with Crippen LogP contribution in [-0.2, 0) is 0 Å². The Hall–Kier alpha value is -0.570. The number of benzene rings is 1. The van der Waals surface area contributed by atoms with Crippen molar-refractivity contribution in [2.45, 2.75) is 56.6 Å². The van der Waals surface area contributed by atoms with E-state index >= 15 is 0 Å². The highest BCUT2D eigenvalue weighted by Gasteiger charge is 2.31. The Morgan fingerprint density at radius 1 is 1.10 bits per heavy atom. The Labute approximate surface area is 126 Å². The highest BCUT2D eigenvalue weighted by atomic mass is 35.5. The molecule has 1 aromatic rings. The second kappa shape index (κ2) is 6.46. The zero-order chi connectivity index (χ0) is 13.9. The van der Waals surface area contributed by atoms with E-state index in [0.29, 0.717) is 17.9 Å². The quantitative estimate of drug-likeness (QED) is 0.886. The minimum absolute atomic E-state index is 0.0802. The molecule has 2 unspecified atom stereocenters. The number of aliphatic hydroxyl groups is 1. The van der Waals surface area contributed by atoms with Gasteiger partial charge < -0.3 is 10.4 Å². The lowest BCUT2D eigenvalue weighted by Crippen LogP contribution is -2.44. The summed E-state index contributed by atoms with van der Waals surface area (Å²) >= 11 is 5.92. The maximum atomic E-state index is 9.98. The minimum atomic E-state index is -0.0802. The van der Waals surface area contributed by atoms with Crippen LogP contribution in [0.4, 0.5) is 0 Å². The molecule has 0 heterocycles. The number of rotatable bonds is 4. The van der Waals surface area contributed by atoms with Gasteiger partial charge in [-0.25, -0.2) is 0 Å². The van der Waals surface area contributed by atoms with Gasteiger partial charge in [0.2, 0.25) is 0 Å². The fourth-order valence-electron chi connectivity index (χ4n) is 3.54. The summed E-state index contributed by atoms with van der Waals surface area (Å²) in [6.45, 7) is 0.985. The maximum absolute atomic E-state index is 9.98. The summed E-state index contributed by atoms with van der Waals surface area (Å²) in [7, 11) is 0. The molecule has 0 amide bonds. The molecule has 3 rings (SSSR count). The first-order valence-corrected chi connectivity index (χ1v) is 8.27. The van der Waals surface area contributed by atoms with E-state index in [2.05, 4.69) is 17.4 Å². The van der Waals surface area contributed by atoms with Gasteiger partial charge in [-0.2, -0.15) is 0 Å². The van der Waals surface area contributed by atoms with Gasteiger partial charge in [-0.05, 0) is 55.2 Å². The van der Waals surface area contributed by atoms with Gasteiger partial charge in [0, 0.05) is 17.6 Å². The highest BCUT2D eigenvalue weighted by molar-refractivity contribution is 6.30. The molecule has 0 spiro atoms. The molecule has 3 heteroatoms. The summed E-state index contributed by atoms with van der Waals surface area (Å²) in [5.74, 6) is 1.15. The Morgan fingerprint density at radius 3 is 2.50 bits per heavy atom. The van der Waals surface area contributed by atoms with Crippen molar-refractivity contribution in [2.24, 2.45) is 5.92 Å². The molecular weight excluding hydrogens is 270 g/mol. The van der Waals surface area contributed by atoms with Gasteiger partial charge in [0.15, 0.2) is 0 Å². The van der Waals surface area contributed by atoms with Gasteiger partial charge in [-0.15, -0.1) is 0 Å². The van der Waals surface area contributed by atoms with Crippen molar-refractivity contribution in [3.05, 3.63) is 34.9 Å². The van der Waals surface area contributed by atoms with Crippen LogP contribution in [0.2, 0.25) is 5.02 Å². The minimum Gasteiger partial charge on any atom is -0.393 e. The zero-order valence-corrected chi connectivity index (χ0v) is 12.6. The molecule has 0 aliphatic heterocycles. The Balaban J connectivity index is 1.41. The lowest BCUT2D eigenvalue weighted by atomic mass is 9.75. The van der Waals surface area contributed by atoms with Crippen LogP contribution in [0.5, 0.6) is 0 Å². The van der Waals surface area contributed by atoms with Gasteiger partial charge in [-0.1, -0.05) is 36.6 Å². The zero-order valence-electron chi connectivity index (χ0n) is 11.9. The van der Waals surface area contributed by atoms with Crippen LogP contribution >= 0.6 is 11.6 Å². The lowest BCUT2D eigenvalue weighted by molar-refractivity contribution is 0.0655. The molecule has 2 aliphatic rings. The normalized spacial score (nSPS) is 33.7. The van der Waals surface area contributed by atoms with Gasteiger partial charge in [0.05, 0.1) is 6.10 Å². The molecule has 2 N–H and O–H groups in total. The lowest BCUT2D eigenvalue weighted by Gasteiger charge is -2.38. The van der Waals surface area contributed by atoms with Crippen LogP contribution in [0.1, 0.15) is 50.0 Å². The van der Waals surface area contributed by atoms with Gasteiger partial charge in [0.25, 0.3) is 0 Å². The van der Waals surface area contributed by atoms with Gasteiger partial charge in [0.1, 0.15) is 0 Å². The smallest absolute Gasteiger partial charge is 0.0580 e. The largest absolute Gasteiger partial charge is 0.393 e. The average Bonchev–Trinajstić information content (AvgIpc) is 2.41. The van der Waals surface area contributed by atoms with Crippen molar-refractivity contribution in [1.29, 1.82) is 0 Å². The first-order valence-electron chi connectivity index (χ1n) is 7.89. The predicted octanol–water partition coefficient (Wildman–Crippen LogP) is 3.73. The van der Waals surface area contributed by atoms with E-state index in [1.54, 1.807) is 0 Å². The Bertz CT molecular complexity index is 427. The third-order valence-electron chi connectivity index (χ3n) is 5.02. The van der Waals surface area contributed by atoms with Gasteiger partial charge in [-0.3, -0.25) is 0 Å². The Kier molecular flexibility index (Phi) is 4.65. The molecule has 110 valence electrons. The molecule has 2 aliphatic carbocycles. The highest BCUT2D eigenvalue weighted by Crippen LogP contribution is 2.37. The molecule has 0 bridgehead atoms. The second-order valence-electron chi connectivity index (χ2n) is 6.44. The van der Waals surface area contributed by atoms with Crippen LogP contribution in [0.3, 0.4) is 0 Å². The van der Waals surface area contributed by atoms with E-state index in [4.69, 9.17) is 11.6 Å². The van der Waals surface area contributed by atoms with E-state index in [1.165, 1.54) is 37.7 Å². The Morgan fingerprint density at radius 2 is 1.80 bits per heavy atom. The van der Waals surface area contributed by atoms with Gasteiger partial charge >= 0.3 is 0 Å². The van der Waals surface area contributed by atoms with Crippen LogP contribution in [0.15, 0.2) is 24.3 Å². The molecule has 0 radical (unpaired) electrons. The van der Waals surface area contributed by atoms with Crippen LogP contribution in [0.25, 0.3) is 0 Å². The van der Waals surface area contributed by atoms with Crippen molar-refractivity contribution < 1.29 is 5.11 Å². The SMILES string of the molecule is OC1CCCCC1CNC1CC(c2ccc(Cl)cc2)C1. The molecular formula is C17H24ClNO. The predicted molar refractivity (Wildman–Crippen MR) is 83.2 cm³/mol. The fourth-order valence-corrected chi connectivity index (χ4v) is 3.66. The maximum Gasteiger partial charge on any atom is 0.0580 e. The van der Waals surface area contributed by atoms with E-state index in [9.17, 15) is 5.11 Å². The molecule has 0 saturated heterocycles. The van der Waals surface area contributed by atoms with Crippen molar-refractivity contribution in [1.82, 2.24) is 5.32 Å². The van der Waals surface area contributed by atoms with Crippen LogP contribution in [0, 0.1) is 5.92 Å². The number of hydrogen-bond acceptors (Lipinski definition) is 2. The van der Waals surface area contributed by atoms with E-state index in [0.717, 1.165) is 18.0 Å². The van der Waals surface area contributed by atoms with E-state index < -0.39 is 0 Å². The second-order valence-corrected chi connectivity index (χ2v) is 6.87. The summed E-state index contributed by atoms with van der Waals surface area (Å²) in [4.78, 5) is 0. The first kappa shape index (κ1) is 14.4. The van der Waals surface area contributed by atoms with Crippen LogP contribution < -0.4 is 5.32 Å². The number of hydrogen-bond donors (Lipinski definition) is 2. The summed E-state index contributed by atoms with van der Waals surface area (Å²) in [5, 5.41) is 14.4. The number of nitrogens with one attached hydrogen (secondary N) is 1.